The normalized spacial score (nSPS) is 32.3. The summed E-state index contributed by atoms with van der Waals surface area (Å²) in [6.07, 6.45) is 6.13. The number of nitrogens with one attached hydrogen (secondary N) is 1. The van der Waals surface area contributed by atoms with Gasteiger partial charge >= 0.3 is 0 Å². The van der Waals surface area contributed by atoms with Crippen molar-refractivity contribution in [3.8, 4) is 0 Å². The topological polar surface area (TPSA) is 52.6 Å². The van der Waals surface area contributed by atoms with E-state index < -0.39 is 5.60 Å². The van der Waals surface area contributed by atoms with Crippen LogP contribution in [0.15, 0.2) is 0 Å². The molecule has 1 heterocycles. The van der Waals surface area contributed by atoms with Crippen LogP contribution in [0.3, 0.4) is 0 Å². The Morgan fingerprint density at radius 3 is 2.81 bits per heavy atom. The van der Waals surface area contributed by atoms with Crippen LogP contribution in [-0.4, -0.2) is 46.2 Å². The van der Waals surface area contributed by atoms with Crippen molar-refractivity contribution in [3.05, 3.63) is 0 Å². The summed E-state index contributed by atoms with van der Waals surface area (Å²) < 4.78 is 0. The van der Waals surface area contributed by atoms with Gasteiger partial charge in [0.1, 0.15) is 0 Å². The van der Waals surface area contributed by atoms with Gasteiger partial charge in [-0.3, -0.25) is 9.69 Å². The Morgan fingerprint density at radius 1 is 1.43 bits per heavy atom. The number of aliphatic hydroxyl groups is 1. The second-order valence-electron chi connectivity index (χ2n) is 7.69. The summed E-state index contributed by atoms with van der Waals surface area (Å²) in [5, 5.41) is 13.9. The highest BCUT2D eigenvalue weighted by Gasteiger charge is 2.44. The van der Waals surface area contributed by atoms with Crippen LogP contribution in [0.2, 0.25) is 0 Å². The predicted octanol–water partition coefficient (Wildman–Crippen LogP) is 2.31. The third-order valence-electron chi connectivity index (χ3n) is 5.73. The summed E-state index contributed by atoms with van der Waals surface area (Å²) in [7, 11) is 0. The highest BCUT2D eigenvalue weighted by molar-refractivity contribution is 5.82. The van der Waals surface area contributed by atoms with Gasteiger partial charge in [-0.15, -0.1) is 0 Å². The van der Waals surface area contributed by atoms with Crippen LogP contribution in [0.1, 0.15) is 66.2 Å². The lowest BCUT2D eigenvalue weighted by atomic mass is 9.71. The van der Waals surface area contributed by atoms with Gasteiger partial charge in [0.05, 0.1) is 11.6 Å². The number of carbonyl (C=O) groups is 1. The number of hydrogen-bond donors (Lipinski definition) is 2. The lowest BCUT2D eigenvalue weighted by molar-refractivity contribution is -0.134. The van der Waals surface area contributed by atoms with Gasteiger partial charge in [-0.2, -0.15) is 0 Å². The van der Waals surface area contributed by atoms with Crippen LogP contribution in [-0.2, 0) is 4.79 Å². The van der Waals surface area contributed by atoms with Crippen molar-refractivity contribution >= 4 is 5.91 Å². The van der Waals surface area contributed by atoms with E-state index in [9.17, 15) is 9.90 Å². The molecule has 1 aliphatic heterocycles. The molecule has 21 heavy (non-hydrogen) atoms. The van der Waals surface area contributed by atoms with E-state index in [4.69, 9.17) is 0 Å². The van der Waals surface area contributed by atoms with Gasteiger partial charge in [0, 0.05) is 24.5 Å². The molecular weight excluding hydrogens is 264 g/mol. The molecule has 2 rings (SSSR count). The molecule has 2 aliphatic rings. The molecule has 2 fully saturated rings. The molecular formula is C17H32N2O2. The number of likely N-dealkylation sites (tertiary alicyclic amines) is 1. The largest absolute Gasteiger partial charge is 0.390 e. The molecule has 3 unspecified atom stereocenters. The van der Waals surface area contributed by atoms with Gasteiger partial charge in [0.25, 0.3) is 0 Å². The van der Waals surface area contributed by atoms with Crippen LogP contribution >= 0.6 is 0 Å². The van der Waals surface area contributed by atoms with E-state index in [0.29, 0.717) is 5.92 Å². The van der Waals surface area contributed by atoms with Crippen LogP contribution in [0, 0.1) is 5.92 Å². The van der Waals surface area contributed by atoms with Gasteiger partial charge in [0.2, 0.25) is 5.91 Å². The lowest BCUT2D eigenvalue weighted by Gasteiger charge is -2.48. The second kappa shape index (κ2) is 6.25. The van der Waals surface area contributed by atoms with Crippen LogP contribution in [0.4, 0.5) is 0 Å². The molecule has 1 aliphatic carbocycles. The summed E-state index contributed by atoms with van der Waals surface area (Å²) >= 11 is 0. The van der Waals surface area contributed by atoms with Gasteiger partial charge in [-0.1, -0.05) is 19.8 Å². The first kappa shape index (κ1) is 16.8. The Hall–Kier alpha value is -0.610. The maximum absolute atomic E-state index is 12.4. The smallest absolute Gasteiger partial charge is 0.237 e. The first-order chi connectivity index (χ1) is 9.77. The number of fused-ring (bicyclic) bond motifs is 1. The molecule has 2 N–H and O–H groups in total. The first-order valence-electron chi connectivity index (χ1n) is 8.56. The van der Waals surface area contributed by atoms with Crippen LogP contribution < -0.4 is 5.32 Å². The number of rotatable bonds is 4. The summed E-state index contributed by atoms with van der Waals surface area (Å²) in [5.74, 6) is 0.456. The molecule has 0 aromatic rings. The predicted molar refractivity (Wildman–Crippen MR) is 85.1 cm³/mol. The van der Waals surface area contributed by atoms with Gasteiger partial charge in [-0.05, 0) is 46.5 Å². The molecule has 4 heteroatoms. The third-order valence-corrected chi connectivity index (χ3v) is 5.73. The van der Waals surface area contributed by atoms with Crippen molar-refractivity contribution in [2.24, 2.45) is 5.92 Å². The monoisotopic (exact) mass is 296 g/mol. The number of hydrogen-bond acceptors (Lipinski definition) is 3. The zero-order valence-corrected chi connectivity index (χ0v) is 14.1. The number of carbonyl (C=O) groups excluding carboxylic acids is 1. The van der Waals surface area contributed by atoms with Crippen LogP contribution in [0.25, 0.3) is 0 Å². The minimum Gasteiger partial charge on any atom is -0.390 e. The Balaban J connectivity index is 1.95. The van der Waals surface area contributed by atoms with E-state index in [2.05, 4.69) is 31.0 Å². The molecule has 3 atom stereocenters. The Kier molecular flexibility index (Phi) is 4.99. The minimum atomic E-state index is -0.465. The maximum atomic E-state index is 12.4. The molecule has 0 aromatic carbocycles. The molecule has 122 valence electrons. The standard InChI is InChI=1S/C17H32N2O2/c1-5-16(3,4)18-15(20)13(2)19-11-10-17(21)9-7-6-8-14(17)12-19/h13-14,21H,5-12H2,1-4H3,(H,18,20). The average Bonchev–Trinajstić information content (AvgIpc) is 2.45. The molecule has 0 aromatic heterocycles. The lowest BCUT2D eigenvalue weighted by Crippen LogP contribution is -2.59. The van der Waals surface area contributed by atoms with Gasteiger partial charge in [0.15, 0.2) is 0 Å². The van der Waals surface area contributed by atoms with E-state index in [1.165, 1.54) is 6.42 Å². The van der Waals surface area contributed by atoms with Crippen molar-refractivity contribution in [2.75, 3.05) is 13.1 Å². The van der Waals surface area contributed by atoms with E-state index in [1.807, 2.05) is 6.92 Å². The first-order valence-corrected chi connectivity index (χ1v) is 8.56. The van der Waals surface area contributed by atoms with E-state index in [-0.39, 0.29) is 17.5 Å². The minimum absolute atomic E-state index is 0.109. The fraction of sp³-hybridized carbons (Fsp3) is 0.941. The zero-order valence-electron chi connectivity index (χ0n) is 14.1. The Bertz CT molecular complexity index is 383. The van der Waals surface area contributed by atoms with Gasteiger partial charge < -0.3 is 10.4 Å². The van der Waals surface area contributed by atoms with E-state index >= 15 is 0 Å². The molecule has 0 radical (unpaired) electrons. The summed E-state index contributed by atoms with van der Waals surface area (Å²) in [4.78, 5) is 14.7. The van der Waals surface area contributed by atoms with Gasteiger partial charge in [-0.25, -0.2) is 0 Å². The highest BCUT2D eigenvalue weighted by Crippen LogP contribution is 2.40. The second-order valence-corrected chi connectivity index (χ2v) is 7.69. The Labute approximate surface area is 129 Å². The molecule has 0 bridgehead atoms. The summed E-state index contributed by atoms with van der Waals surface area (Å²) in [5.41, 5.74) is -0.611. The molecule has 1 saturated heterocycles. The number of piperidine rings is 1. The highest BCUT2D eigenvalue weighted by atomic mass is 16.3. The summed E-state index contributed by atoms with van der Waals surface area (Å²) in [6, 6.07) is -0.109. The Morgan fingerprint density at radius 2 is 2.14 bits per heavy atom. The average molecular weight is 296 g/mol. The van der Waals surface area contributed by atoms with Crippen molar-refractivity contribution in [2.45, 2.75) is 83.4 Å². The number of nitrogens with zero attached hydrogens (tertiary/aromatic N) is 1. The zero-order chi connectivity index (χ0) is 15.7. The van der Waals surface area contributed by atoms with E-state index in [1.54, 1.807) is 0 Å². The molecule has 1 saturated carbocycles. The molecule has 0 spiro atoms. The van der Waals surface area contributed by atoms with Crippen molar-refractivity contribution in [1.29, 1.82) is 0 Å². The quantitative estimate of drug-likeness (QED) is 0.837. The molecule has 4 nitrogen and oxygen atoms in total. The maximum Gasteiger partial charge on any atom is 0.237 e. The fourth-order valence-electron chi connectivity index (χ4n) is 3.64. The van der Waals surface area contributed by atoms with Crippen molar-refractivity contribution in [1.82, 2.24) is 10.2 Å². The number of amides is 1. The SMILES string of the molecule is CCC(C)(C)NC(=O)C(C)N1CCC2(O)CCCCC2C1. The summed E-state index contributed by atoms with van der Waals surface area (Å²) in [6.45, 7) is 9.90. The van der Waals surface area contributed by atoms with E-state index in [0.717, 1.165) is 45.2 Å². The molecule has 1 amide bonds. The van der Waals surface area contributed by atoms with Crippen LogP contribution in [0.5, 0.6) is 0 Å². The van der Waals surface area contributed by atoms with Crippen molar-refractivity contribution in [3.63, 3.8) is 0 Å². The fourth-order valence-corrected chi connectivity index (χ4v) is 3.64. The third kappa shape index (κ3) is 3.78. The van der Waals surface area contributed by atoms with Crippen molar-refractivity contribution < 1.29 is 9.90 Å².